The molecule has 0 radical (unpaired) electrons. The van der Waals surface area contributed by atoms with E-state index in [2.05, 4.69) is 21.2 Å². The third-order valence-electron chi connectivity index (χ3n) is 3.96. The van der Waals surface area contributed by atoms with Gasteiger partial charge in [0.15, 0.2) is 6.10 Å². The zero-order valence-corrected chi connectivity index (χ0v) is 15.9. The van der Waals surface area contributed by atoms with Crippen molar-refractivity contribution in [3.8, 4) is 5.75 Å². The fourth-order valence-corrected chi connectivity index (χ4v) is 2.65. The number of rotatable bonds is 7. The lowest BCUT2D eigenvalue weighted by Crippen LogP contribution is -2.36. The van der Waals surface area contributed by atoms with E-state index in [0.29, 0.717) is 11.3 Å². The topological polar surface area (TPSA) is 64.6 Å². The first-order valence-electron chi connectivity index (χ1n) is 8.51. The zero-order chi connectivity index (χ0) is 18.5. The van der Waals surface area contributed by atoms with Crippen molar-refractivity contribution in [3.63, 3.8) is 0 Å². The van der Waals surface area contributed by atoms with Crippen LogP contribution in [0.3, 0.4) is 0 Å². The summed E-state index contributed by atoms with van der Waals surface area (Å²) in [5.74, 6) is -0.341. The Bertz CT molecular complexity index is 759. The number of halogens is 1. The van der Waals surface area contributed by atoms with Crippen LogP contribution in [-0.4, -0.2) is 24.0 Å². The Balaban J connectivity index is 1.67. The SMILES string of the molecule is CC(Oc1ccc(Br)cc1)C(=O)OC(C(=O)NC1CC1)c1ccccc1. The number of ether oxygens (including phenoxy) is 2. The maximum Gasteiger partial charge on any atom is 0.348 e. The van der Waals surface area contributed by atoms with Crippen LogP contribution in [0.25, 0.3) is 0 Å². The van der Waals surface area contributed by atoms with Crippen molar-refractivity contribution in [1.29, 1.82) is 0 Å². The average Bonchev–Trinajstić information content (AvgIpc) is 3.46. The molecule has 1 fully saturated rings. The van der Waals surface area contributed by atoms with Crippen LogP contribution < -0.4 is 10.1 Å². The fraction of sp³-hybridized carbons (Fsp3) is 0.300. The van der Waals surface area contributed by atoms with Gasteiger partial charge in [0.25, 0.3) is 5.91 Å². The minimum Gasteiger partial charge on any atom is -0.479 e. The number of hydrogen-bond acceptors (Lipinski definition) is 4. The van der Waals surface area contributed by atoms with Crippen LogP contribution in [0, 0.1) is 0 Å². The molecule has 1 N–H and O–H groups in total. The highest BCUT2D eigenvalue weighted by Crippen LogP contribution is 2.24. The van der Waals surface area contributed by atoms with Gasteiger partial charge in [-0.1, -0.05) is 46.3 Å². The molecule has 0 saturated heterocycles. The molecule has 2 aromatic carbocycles. The van der Waals surface area contributed by atoms with Gasteiger partial charge in [-0.2, -0.15) is 0 Å². The van der Waals surface area contributed by atoms with E-state index >= 15 is 0 Å². The van der Waals surface area contributed by atoms with E-state index in [1.54, 1.807) is 31.2 Å². The molecule has 2 atom stereocenters. The van der Waals surface area contributed by atoms with Crippen molar-refractivity contribution >= 4 is 27.8 Å². The number of carbonyl (C=O) groups excluding carboxylic acids is 2. The number of carbonyl (C=O) groups is 2. The molecule has 0 aromatic heterocycles. The molecule has 1 aliphatic rings. The molecule has 1 aliphatic carbocycles. The molecule has 0 heterocycles. The van der Waals surface area contributed by atoms with Crippen LogP contribution >= 0.6 is 15.9 Å². The monoisotopic (exact) mass is 417 g/mol. The molecule has 6 heteroatoms. The van der Waals surface area contributed by atoms with Gasteiger partial charge in [0.05, 0.1) is 0 Å². The van der Waals surface area contributed by atoms with Crippen LogP contribution in [0.5, 0.6) is 5.75 Å². The Labute approximate surface area is 160 Å². The average molecular weight is 418 g/mol. The predicted octanol–water partition coefficient (Wildman–Crippen LogP) is 3.78. The van der Waals surface area contributed by atoms with Gasteiger partial charge in [-0.05, 0) is 44.0 Å². The summed E-state index contributed by atoms with van der Waals surface area (Å²) in [6.07, 6.45) is 0.102. The molecule has 0 bridgehead atoms. The highest BCUT2D eigenvalue weighted by Gasteiger charge is 2.32. The van der Waals surface area contributed by atoms with E-state index in [1.807, 2.05) is 30.3 Å². The maximum absolute atomic E-state index is 12.5. The van der Waals surface area contributed by atoms with Crippen LogP contribution in [-0.2, 0) is 14.3 Å². The second kappa shape index (κ2) is 8.36. The van der Waals surface area contributed by atoms with Gasteiger partial charge < -0.3 is 14.8 Å². The predicted molar refractivity (Wildman–Crippen MR) is 101 cm³/mol. The Hall–Kier alpha value is -2.34. The Morgan fingerprint density at radius 2 is 1.73 bits per heavy atom. The van der Waals surface area contributed by atoms with Crippen LogP contribution in [0.1, 0.15) is 31.4 Å². The molecule has 0 aliphatic heterocycles. The minimum atomic E-state index is -0.986. The smallest absolute Gasteiger partial charge is 0.348 e. The Morgan fingerprint density at radius 1 is 1.08 bits per heavy atom. The first kappa shape index (κ1) is 18.5. The summed E-state index contributed by atoms with van der Waals surface area (Å²) in [6, 6.07) is 16.3. The van der Waals surface area contributed by atoms with E-state index in [-0.39, 0.29) is 11.9 Å². The summed E-state index contributed by atoms with van der Waals surface area (Å²) >= 11 is 3.35. The fourth-order valence-electron chi connectivity index (χ4n) is 2.38. The Morgan fingerprint density at radius 3 is 2.35 bits per heavy atom. The first-order valence-corrected chi connectivity index (χ1v) is 9.30. The highest BCUT2D eigenvalue weighted by atomic mass is 79.9. The summed E-state index contributed by atoms with van der Waals surface area (Å²) in [4.78, 5) is 25.0. The van der Waals surface area contributed by atoms with Gasteiger partial charge in [0.2, 0.25) is 6.10 Å². The molecule has 5 nitrogen and oxygen atoms in total. The largest absolute Gasteiger partial charge is 0.479 e. The van der Waals surface area contributed by atoms with Crippen LogP contribution in [0.15, 0.2) is 59.1 Å². The standard InChI is InChI=1S/C20H20BrNO4/c1-13(25-17-11-7-15(21)8-12-17)20(24)26-18(14-5-3-2-4-6-14)19(23)22-16-9-10-16/h2-8,11-13,16,18H,9-10H2,1H3,(H,22,23). The lowest BCUT2D eigenvalue weighted by molar-refractivity contribution is -0.162. The molecule has 26 heavy (non-hydrogen) atoms. The van der Waals surface area contributed by atoms with E-state index in [1.165, 1.54) is 0 Å². The summed E-state index contributed by atoms with van der Waals surface area (Å²) < 4.78 is 12.0. The van der Waals surface area contributed by atoms with Crippen molar-refractivity contribution in [1.82, 2.24) is 5.32 Å². The molecule has 1 saturated carbocycles. The van der Waals surface area contributed by atoms with E-state index < -0.39 is 18.2 Å². The molecule has 0 spiro atoms. The molecule has 136 valence electrons. The molecule has 2 aromatic rings. The molecule has 1 amide bonds. The third-order valence-corrected chi connectivity index (χ3v) is 4.49. The lowest BCUT2D eigenvalue weighted by Gasteiger charge is -2.20. The van der Waals surface area contributed by atoms with Gasteiger partial charge in [0.1, 0.15) is 5.75 Å². The second-order valence-corrected chi connectivity index (χ2v) is 7.14. The molecule has 2 unspecified atom stereocenters. The molecular weight excluding hydrogens is 398 g/mol. The van der Waals surface area contributed by atoms with E-state index in [9.17, 15) is 9.59 Å². The number of esters is 1. The van der Waals surface area contributed by atoms with Gasteiger partial charge in [-0.15, -0.1) is 0 Å². The number of benzene rings is 2. The minimum absolute atomic E-state index is 0.184. The van der Waals surface area contributed by atoms with Crippen molar-refractivity contribution < 1.29 is 19.1 Å². The molecular formula is C20H20BrNO4. The summed E-state index contributed by atoms with van der Waals surface area (Å²) in [5.41, 5.74) is 0.634. The van der Waals surface area contributed by atoms with E-state index in [4.69, 9.17) is 9.47 Å². The van der Waals surface area contributed by atoms with Gasteiger partial charge in [-0.3, -0.25) is 4.79 Å². The third kappa shape index (κ3) is 5.08. The van der Waals surface area contributed by atoms with E-state index in [0.717, 1.165) is 17.3 Å². The zero-order valence-electron chi connectivity index (χ0n) is 14.4. The van der Waals surface area contributed by atoms with Crippen LogP contribution in [0.4, 0.5) is 0 Å². The van der Waals surface area contributed by atoms with Crippen molar-refractivity contribution in [3.05, 3.63) is 64.6 Å². The summed E-state index contributed by atoms with van der Waals surface area (Å²) in [6.45, 7) is 1.60. The van der Waals surface area contributed by atoms with Crippen molar-refractivity contribution in [2.75, 3.05) is 0 Å². The first-order chi connectivity index (χ1) is 12.5. The number of amides is 1. The molecule has 3 rings (SSSR count). The Kier molecular flexibility index (Phi) is 5.93. The van der Waals surface area contributed by atoms with Crippen molar-refractivity contribution in [2.24, 2.45) is 0 Å². The second-order valence-electron chi connectivity index (χ2n) is 6.22. The highest BCUT2D eigenvalue weighted by molar-refractivity contribution is 9.10. The van der Waals surface area contributed by atoms with Crippen LogP contribution in [0.2, 0.25) is 0 Å². The quantitative estimate of drug-likeness (QED) is 0.696. The van der Waals surface area contributed by atoms with Gasteiger partial charge in [0, 0.05) is 16.1 Å². The number of hydrogen-bond donors (Lipinski definition) is 1. The maximum atomic E-state index is 12.5. The van der Waals surface area contributed by atoms with Crippen molar-refractivity contribution in [2.45, 2.75) is 38.0 Å². The van der Waals surface area contributed by atoms with Gasteiger partial charge in [-0.25, -0.2) is 4.79 Å². The normalized spacial score (nSPS) is 15.6. The summed E-state index contributed by atoms with van der Waals surface area (Å²) in [5, 5.41) is 2.89. The summed E-state index contributed by atoms with van der Waals surface area (Å²) in [7, 11) is 0. The number of nitrogens with one attached hydrogen (secondary N) is 1. The van der Waals surface area contributed by atoms with Gasteiger partial charge >= 0.3 is 5.97 Å². The lowest BCUT2D eigenvalue weighted by atomic mass is 10.1.